The van der Waals surface area contributed by atoms with Crippen molar-refractivity contribution in [3.8, 4) is 0 Å². The second-order valence-corrected chi connectivity index (χ2v) is 8.90. The summed E-state index contributed by atoms with van der Waals surface area (Å²) in [6.45, 7) is 8.78. The predicted molar refractivity (Wildman–Crippen MR) is 114 cm³/mol. The summed E-state index contributed by atoms with van der Waals surface area (Å²) in [6.07, 6.45) is 1.77. The third kappa shape index (κ3) is 5.94. The summed E-state index contributed by atoms with van der Waals surface area (Å²) < 4.78 is 12.2. The van der Waals surface area contributed by atoms with Crippen LogP contribution in [0.1, 0.15) is 50.5 Å². The van der Waals surface area contributed by atoms with Gasteiger partial charge in [-0.3, -0.25) is 14.4 Å². The minimum Gasteiger partial charge on any atom is -0.480 e. The minimum absolute atomic E-state index is 0.0418. The van der Waals surface area contributed by atoms with E-state index in [0.29, 0.717) is 22.4 Å². The summed E-state index contributed by atoms with van der Waals surface area (Å²) in [5, 5.41) is 11.1. The van der Waals surface area contributed by atoms with Crippen molar-refractivity contribution in [3.05, 3.63) is 40.9 Å². The predicted octanol–water partition coefficient (Wildman–Crippen LogP) is 2.80. The van der Waals surface area contributed by atoms with Crippen molar-refractivity contribution >= 4 is 41.9 Å². The van der Waals surface area contributed by atoms with Gasteiger partial charge >= 0.3 is 13.1 Å². The fourth-order valence-corrected chi connectivity index (χ4v) is 3.23. The molecule has 156 valence electrons. The fourth-order valence-electron chi connectivity index (χ4n) is 2.64. The van der Waals surface area contributed by atoms with Gasteiger partial charge in [-0.15, -0.1) is 0 Å². The molecule has 0 spiro atoms. The van der Waals surface area contributed by atoms with Crippen LogP contribution in [0.2, 0.25) is 0 Å². The average molecular weight is 419 g/mol. The molecule has 7 nitrogen and oxygen atoms in total. The molecule has 1 aromatic rings. The summed E-state index contributed by atoms with van der Waals surface area (Å²) in [7, 11) is -0.665. The van der Waals surface area contributed by atoms with Crippen molar-refractivity contribution in [2.45, 2.75) is 45.8 Å². The molecule has 0 saturated carbocycles. The van der Waals surface area contributed by atoms with Crippen LogP contribution < -0.4 is 5.32 Å². The Morgan fingerprint density at radius 2 is 1.72 bits per heavy atom. The van der Waals surface area contributed by atoms with E-state index in [1.165, 1.54) is 6.92 Å². The van der Waals surface area contributed by atoms with Gasteiger partial charge in [0.1, 0.15) is 6.54 Å². The molecule has 0 bridgehead atoms. The first-order valence-corrected chi connectivity index (χ1v) is 10.2. The quantitative estimate of drug-likeness (QED) is 0.656. The molecular formula is C20H26BNO6S. The van der Waals surface area contributed by atoms with Crippen molar-refractivity contribution < 1.29 is 28.8 Å². The highest BCUT2D eigenvalue weighted by molar-refractivity contribution is 8.13. The van der Waals surface area contributed by atoms with Crippen LogP contribution in [0.3, 0.4) is 0 Å². The molecule has 1 aromatic carbocycles. The SMILES string of the molecule is CC(=O)SCC(=Cc1ccccc1C(=O)NCC(=O)O)B1OC(C)(C)C(C)(C)O1. The molecule has 0 atom stereocenters. The first-order valence-electron chi connectivity index (χ1n) is 9.21. The first kappa shape index (κ1) is 23.2. The Labute approximate surface area is 175 Å². The first-order chi connectivity index (χ1) is 13.4. The van der Waals surface area contributed by atoms with E-state index in [4.69, 9.17) is 14.4 Å². The van der Waals surface area contributed by atoms with Gasteiger partial charge in [0.2, 0.25) is 0 Å². The molecule has 1 amide bonds. The van der Waals surface area contributed by atoms with Gasteiger partial charge < -0.3 is 19.7 Å². The van der Waals surface area contributed by atoms with Gasteiger partial charge in [-0.05, 0) is 44.8 Å². The summed E-state index contributed by atoms with van der Waals surface area (Å²) in [5.41, 5.74) is 0.536. The van der Waals surface area contributed by atoms with E-state index in [-0.39, 0.29) is 5.12 Å². The second kappa shape index (κ2) is 9.15. The standard InChI is InChI=1S/C20H26BNO6S/c1-13(23)29-12-15(21-27-19(2,3)20(4,5)28-21)10-14-8-6-7-9-16(14)18(26)22-11-17(24)25/h6-10H,11-12H2,1-5H3,(H,22,26)(H,24,25). The number of thioether (sulfide) groups is 1. The average Bonchev–Trinajstić information content (AvgIpc) is 2.84. The van der Waals surface area contributed by atoms with Gasteiger partial charge in [-0.2, -0.15) is 0 Å². The van der Waals surface area contributed by atoms with E-state index < -0.39 is 36.7 Å². The molecule has 29 heavy (non-hydrogen) atoms. The van der Waals surface area contributed by atoms with Crippen molar-refractivity contribution in [1.82, 2.24) is 5.32 Å². The van der Waals surface area contributed by atoms with E-state index in [9.17, 15) is 14.4 Å². The minimum atomic E-state index is -1.12. The number of carboxylic acid groups (broad SMARTS) is 1. The number of rotatable bonds is 7. The molecule has 0 aliphatic carbocycles. The van der Waals surface area contributed by atoms with E-state index >= 15 is 0 Å². The number of carbonyl (C=O) groups is 3. The lowest BCUT2D eigenvalue weighted by Crippen LogP contribution is -2.41. The lowest BCUT2D eigenvalue weighted by atomic mass is 9.78. The third-order valence-electron chi connectivity index (χ3n) is 4.94. The molecule has 0 unspecified atom stereocenters. The molecular weight excluding hydrogens is 393 g/mol. The van der Waals surface area contributed by atoms with Crippen molar-refractivity contribution in [1.29, 1.82) is 0 Å². The summed E-state index contributed by atoms with van der Waals surface area (Å²) in [4.78, 5) is 34.7. The van der Waals surface area contributed by atoms with Crippen LogP contribution in [0.25, 0.3) is 6.08 Å². The molecule has 1 fully saturated rings. The van der Waals surface area contributed by atoms with Crippen molar-refractivity contribution in [2.75, 3.05) is 12.3 Å². The van der Waals surface area contributed by atoms with E-state index in [0.717, 1.165) is 11.8 Å². The third-order valence-corrected chi connectivity index (χ3v) is 5.83. The highest BCUT2D eigenvalue weighted by Crippen LogP contribution is 2.39. The van der Waals surface area contributed by atoms with Gasteiger partial charge in [0.25, 0.3) is 5.91 Å². The van der Waals surface area contributed by atoms with Crippen LogP contribution in [0.5, 0.6) is 0 Å². The zero-order valence-corrected chi connectivity index (χ0v) is 18.1. The van der Waals surface area contributed by atoms with Gasteiger partial charge in [0.15, 0.2) is 5.12 Å². The number of carbonyl (C=O) groups excluding carboxylic acids is 2. The summed E-state index contributed by atoms with van der Waals surface area (Å²) >= 11 is 1.13. The fraction of sp³-hybridized carbons (Fsp3) is 0.450. The summed E-state index contributed by atoms with van der Waals surface area (Å²) in [5.74, 6) is -1.27. The normalized spacial score (nSPS) is 17.8. The number of benzene rings is 1. The lowest BCUT2D eigenvalue weighted by molar-refractivity contribution is -0.135. The largest absolute Gasteiger partial charge is 0.491 e. The number of carboxylic acids is 1. The number of amides is 1. The van der Waals surface area contributed by atoms with Gasteiger partial charge in [-0.25, -0.2) is 0 Å². The molecule has 1 heterocycles. The maximum absolute atomic E-state index is 12.4. The van der Waals surface area contributed by atoms with Crippen LogP contribution >= 0.6 is 11.8 Å². The van der Waals surface area contributed by atoms with Crippen molar-refractivity contribution in [3.63, 3.8) is 0 Å². The molecule has 0 aromatic heterocycles. The van der Waals surface area contributed by atoms with Crippen LogP contribution in [-0.2, 0) is 18.9 Å². The molecule has 2 N–H and O–H groups in total. The molecule has 0 radical (unpaired) electrons. The molecule has 1 aliphatic heterocycles. The zero-order valence-electron chi connectivity index (χ0n) is 17.3. The molecule has 9 heteroatoms. The van der Waals surface area contributed by atoms with E-state index in [2.05, 4.69) is 5.32 Å². The second-order valence-electron chi connectivity index (χ2n) is 7.75. The van der Waals surface area contributed by atoms with E-state index in [1.807, 2.05) is 27.7 Å². The van der Waals surface area contributed by atoms with Gasteiger partial charge in [-0.1, -0.05) is 36.0 Å². The maximum atomic E-state index is 12.4. The molecule has 1 aliphatic rings. The zero-order chi connectivity index (χ0) is 21.8. The summed E-state index contributed by atoms with van der Waals surface area (Å²) in [6, 6.07) is 6.84. The molecule has 2 rings (SSSR count). The van der Waals surface area contributed by atoms with Crippen LogP contribution in [0, 0.1) is 0 Å². The molecule has 1 saturated heterocycles. The Hall–Kier alpha value is -2.10. The monoisotopic (exact) mass is 419 g/mol. The highest BCUT2D eigenvalue weighted by Gasteiger charge is 2.52. The Morgan fingerprint density at radius 1 is 1.14 bits per heavy atom. The van der Waals surface area contributed by atoms with Crippen LogP contribution in [0.4, 0.5) is 0 Å². The lowest BCUT2D eigenvalue weighted by Gasteiger charge is -2.32. The highest BCUT2D eigenvalue weighted by atomic mass is 32.2. The van der Waals surface area contributed by atoms with Gasteiger partial charge in [0.05, 0.1) is 11.2 Å². The smallest absolute Gasteiger partial charge is 0.480 e. The van der Waals surface area contributed by atoms with E-state index in [1.54, 1.807) is 30.3 Å². The topological polar surface area (TPSA) is 102 Å². The number of hydrogen-bond donors (Lipinski definition) is 2. The number of nitrogens with one attached hydrogen (secondary N) is 1. The van der Waals surface area contributed by atoms with Gasteiger partial charge in [0, 0.05) is 18.2 Å². The number of aliphatic carboxylic acids is 1. The van der Waals surface area contributed by atoms with Crippen LogP contribution in [0.15, 0.2) is 29.7 Å². The Morgan fingerprint density at radius 3 is 2.28 bits per heavy atom. The Kier molecular flexibility index (Phi) is 7.32. The maximum Gasteiger partial charge on any atom is 0.491 e. The Balaban J connectivity index is 2.38. The van der Waals surface area contributed by atoms with Crippen molar-refractivity contribution in [2.24, 2.45) is 0 Å². The Bertz CT molecular complexity index is 820. The number of hydrogen-bond acceptors (Lipinski definition) is 6. The van der Waals surface area contributed by atoms with Crippen LogP contribution in [-0.4, -0.2) is 52.7 Å².